The maximum Gasteiger partial charge on any atom is 0.418 e. The second-order valence-corrected chi connectivity index (χ2v) is 7.97. The van der Waals surface area contributed by atoms with Crippen molar-refractivity contribution in [1.82, 2.24) is 10.1 Å². The number of unbranched alkanes of at least 4 members (excludes halogenated alkanes) is 1. The molecule has 0 radical (unpaired) electrons. The number of hydrogen-bond acceptors (Lipinski definition) is 5. The minimum absolute atomic E-state index is 0.212. The lowest BCUT2D eigenvalue weighted by Gasteiger charge is -2.14. The second kappa shape index (κ2) is 8.24. The summed E-state index contributed by atoms with van der Waals surface area (Å²) < 4.78 is 71.9. The fourth-order valence-corrected chi connectivity index (χ4v) is 3.75. The quantitative estimate of drug-likeness (QED) is 0.582. The maximum atomic E-state index is 13.1. The Labute approximate surface area is 165 Å². The highest BCUT2D eigenvalue weighted by Gasteiger charge is 2.34. The summed E-state index contributed by atoms with van der Waals surface area (Å²) in [6.07, 6.45) is -2.26. The van der Waals surface area contributed by atoms with Gasteiger partial charge in [-0.15, -0.1) is 0 Å². The molecule has 154 valence electrons. The topological polar surface area (TPSA) is 85.1 Å². The number of sulfonamides is 1. The third kappa shape index (κ3) is 4.94. The predicted molar refractivity (Wildman–Crippen MR) is 101 cm³/mol. The highest BCUT2D eigenvalue weighted by atomic mass is 32.2. The molecule has 0 unspecified atom stereocenters. The first-order chi connectivity index (χ1) is 13.7. The summed E-state index contributed by atoms with van der Waals surface area (Å²) in [5, 5.41) is 3.84. The number of para-hydroxylation sites is 1. The number of alkyl halides is 3. The number of hydrogen-bond donors (Lipinski definition) is 1. The molecule has 0 amide bonds. The van der Waals surface area contributed by atoms with Gasteiger partial charge in [0.05, 0.1) is 16.1 Å². The molecule has 0 saturated carbocycles. The van der Waals surface area contributed by atoms with Gasteiger partial charge >= 0.3 is 6.18 Å². The first-order valence-electron chi connectivity index (χ1n) is 8.83. The summed E-state index contributed by atoms with van der Waals surface area (Å²) in [5.41, 5.74) is -1.24. The van der Waals surface area contributed by atoms with Crippen LogP contribution in [-0.4, -0.2) is 18.6 Å². The smallest absolute Gasteiger partial charge is 0.339 e. The minimum Gasteiger partial charge on any atom is -0.339 e. The van der Waals surface area contributed by atoms with Crippen LogP contribution in [-0.2, 0) is 22.6 Å². The molecule has 0 bridgehead atoms. The van der Waals surface area contributed by atoms with Crippen LogP contribution in [0.15, 0.2) is 57.9 Å². The van der Waals surface area contributed by atoms with E-state index >= 15 is 0 Å². The van der Waals surface area contributed by atoms with Crippen LogP contribution in [0.25, 0.3) is 11.4 Å². The van der Waals surface area contributed by atoms with Gasteiger partial charge in [-0.1, -0.05) is 42.8 Å². The van der Waals surface area contributed by atoms with E-state index in [1.807, 2.05) is 11.6 Å². The van der Waals surface area contributed by atoms with E-state index in [9.17, 15) is 21.6 Å². The molecule has 3 rings (SSSR count). The predicted octanol–water partition coefficient (Wildman–Crippen LogP) is 4.90. The second-order valence-electron chi connectivity index (χ2n) is 6.29. The molecule has 1 heterocycles. The summed E-state index contributed by atoms with van der Waals surface area (Å²) in [6, 6.07) is 10.00. The number of nitrogens with zero attached hydrogens (tertiary/aromatic N) is 2. The highest BCUT2D eigenvalue weighted by molar-refractivity contribution is 7.92. The van der Waals surface area contributed by atoms with Crippen molar-refractivity contribution in [3.63, 3.8) is 0 Å². The third-order valence-electron chi connectivity index (χ3n) is 4.09. The van der Waals surface area contributed by atoms with Crippen molar-refractivity contribution in [3.05, 3.63) is 60.0 Å². The third-order valence-corrected chi connectivity index (χ3v) is 5.45. The standard InChI is InChI=1S/C19H18F3N3O3S/c1-2-3-11-17-23-18(24-28-17)13-7-6-8-14(12-13)29(26,27)25-16-10-5-4-9-15(16)19(20,21)22/h4-10,12,25H,2-3,11H2,1H3. The Morgan fingerprint density at radius 1 is 1.10 bits per heavy atom. The Morgan fingerprint density at radius 3 is 2.59 bits per heavy atom. The van der Waals surface area contributed by atoms with Gasteiger partial charge in [-0.2, -0.15) is 18.2 Å². The first-order valence-corrected chi connectivity index (χ1v) is 10.3. The lowest BCUT2D eigenvalue weighted by atomic mass is 10.2. The molecule has 6 nitrogen and oxygen atoms in total. The lowest BCUT2D eigenvalue weighted by molar-refractivity contribution is -0.136. The Hall–Kier alpha value is -2.88. The largest absolute Gasteiger partial charge is 0.418 e. The molecule has 0 aliphatic carbocycles. The zero-order valence-electron chi connectivity index (χ0n) is 15.4. The average Bonchev–Trinajstić information content (AvgIpc) is 3.15. The molecule has 3 aromatic rings. The number of benzene rings is 2. The number of anilines is 1. The van der Waals surface area contributed by atoms with Crippen molar-refractivity contribution >= 4 is 15.7 Å². The molecule has 2 aromatic carbocycles. The van der Waals surface area contributed by atoms with Gasteiger partial charge in [0.15, 0.2) is 0 Å². The number of nitrogens with one attached hydrogen (secondary N) is 1. The molecule has 0 aliphatic rings. The number of aromatic nitrogens is 2. The van der Waals surface area contributed by atoms with Crippen molar-refractivity contribution in [1.29, 1.82) is 0 Å². The molecule has 0 fully saturated rings. The van der Waals surface area contributed by atoms with E-state index in [0.717, 1.165) is 25.0 Å². The lowest BCUT2D eigenvalue weighted by Crippen LogP contribution is -2.17. The molecule has 0 atom stereocenters. The van der Waals surface area contributed by atoms with Crippen molar-refractivity contribution in [3.8, 4) is 11.4 Å². The monoisotopic (exact) mass is 425 g/mol. The van der Waals surface area contributed by atoms with Gasteiger partial charge in [0, 0.05) is 12.0 Å². The van der Waals surface area contributed by atoms with Gasteiger partial charge in [0.2, 0.25) is 11.7 Å². The SMILES string of the molecule is CCCCc1nc(-c2cccc(S(=O)(=O)Nc3ccccc3C(F)(F)F)c2)no1. The Balaban J connectivity index is 1.89. The van der Waals surface area contributed by atoms with Gasteiger partial charge in [-0.05, 0) is 30.7 Å². The van der Waals surface area contributed by atoms with Gasteiger partial charge in [0.25, 0.3) is 10.0 Å². The zero-order chi connectivity index (χ0) is 21.1. The van der Waals surface area contributed by atoms with E-state index < -0.39 is 27.5 Å². The van der Waals surface area contributed by atoms with E-state index in [1.165, 1.54) is 30.3 Å². The molecule has 0 aliphatic heterocycles. The fourth-order valence-electron chi connectivity index (χ4n) is 2.63. The molecular formula is C19H18F3N3O3S. The Kier molecular flexibility index (Phi) is 5.92. The highest BCUT2D eigenvalue weighted by Crippen LogP contribution is 2.35. The Morgan fingerprint density at radius 2 is 1.86 bits per heavy atom. The van der Waals surface area contributed by atoms with Crippen molar-refractivity contribution in [2.75, 3.05) is 4.72 Å². The molecular weight excluding hydrogens is 407 g/mol. The maximum absolute atomic E-state index is 13.1. The zero-order valence-corrected chi connectivity index (χ0v) is 16.2. The molecule has 29 heavy (non-hydrogen) atoms. The van der Waals surface area contributed by atoms with Crippen LogP contribution in [0.5, 0.6) is 0 Å². The number of halogens is 3. The van der Waals surface area contributed by atoms with E-state index in [-0.39, 0.29) is 10.7 Å². The van der Waals surface area contributed by atoms with Gasteiger partial charge in [-0.3, -0.25) is 4.72 Å². The van der Waals surface area contributed by atoms with Crippen LogP contribution in [0.2, 0.25) is 0 Å². The minimum atomic E-state index is -4.69. The molecule has 0 saturated heterocycles. The van der Waals surface area contributed by atoms with Crippen molar-refractivity contribution < 1.29 is 26.1 Å². The molecule has 1 N–H and O–H groups in total. The summed E-state index contributed by atoms with van der Waals surface area (Å²) in [6.45, 7) is 2.02. The van der Waals surface area contributed by atoms with Crippen LogP contribution in [0, 0.1) is 0 Å². The summed E-state index contributed by atoms with van der Waals surface area (Å²) >= 11 is 0. The summed E-state index contributed by atoms with van der Waals surface area (Å²) in [4.78, 5) is 4.01. The fraction of sp³-hybridized carbons (Fsp3) is 0.263. The van der Waals surface area contributed by atoms with E-state index in [1.54, 1.807) is 6.07 Å². The normalized spacial score (nSPS) is 12.1. The average molecular weight is 425 g/mol. The van der Waals surface area contributed by atoms with Crippen LogP contribution < -0.4 is 4.72 Å². The van der Waals surface area contributed by atoms with Crippen molar-refractivity contribution in [2.45, 2.75) is 37.3 Å². The van der Waals surface area contributed by atoms with E-state index in [2.05, 4.69) is 10.1 Å². The van der Waals surface area contributed by atoms with Gasteiger partial charge in [0.1, 0.15) is 0 Å². The number of aryl methyl sites for hydroxylation is 1. The van der Waals surface area contributed by atoms with Gasteiger partial charge in [-0.25, -0.2) is 8.42 Å². The van der Waals surface area contributed by atoms with Crippen LogP contribution in [0.4, 0.5) is 18.9 Å². The summed E-state index contributed by atoms with van der Waals surface area (Å²) in [5.74, 6) is 0.649. The first kappa shape index (κ1) is 20.8. The molecule has 10 heteroatoms. The van der Waals surface area contributed by atoms with Crippen LogP contribution >= 0.6 is 0 Å². The van der Waals surface area contributed by atoms with E-state index in [4.69, 9.17) is 4.52 Å². The van der Waals surface area contributed by atoms with Gasteiger partial charge < -0.3 is 4.52 Å². The number of rotatable bonds is 7. The molecule has 1 aromatic heterocycles. The Bertz CT molecular complexity index is 1100. The summed E-state index contributed by atoms with van der Waals surface area (Å²) in [7, 11) is -4.27. The van der Waals surface area contributed by atoms with Crippen LogP contribution in [0.3, 0.4) is 0 Å². The molecule has 0 spiro atoms. The van der Waals surface area contributed by atoms with Crippen LogP contribution in [0.1, 0.15) is 31.2 Å². The van der Waals surface area contributed by atoms with E-state index in [0.29, 0.717) is 17.9 Å². The van der Waals surface area contributed by atoms with Crippen molar-refractivity contribution in [2.24, 2.45) is 0 Å².